The molecule has 8 heteroatoms. The van der Waals surface area contributed by atoms with Crippen LogP contribution in [0, 0.1) is 5.92 Å². The Labute approximate surface area is 173 Å². The number of hydrogen-bond donors (Lipinski definition) is 1. The summed E-state index contributed by atoms with van der Waals surface area (Å²) >= 11 is 0. The third kappa shape index (κ3) is 4.17. The third-order valence-electron chi connectivity index (χ3n) is 4.68. The van der Waals surface area contributed by atoms with Crippen LogP contribution in [0.25, 0.3) is 0 Å². The lowest BCUT2D eigenvalue weighted by molar-refractivity contribution is -0.152. The number of anilines is 1. The molecule has 8 nitrogen and oxygen atoms in total. The number of esters is 1. The number of nitrogens with one attached hydrogen (secondary N) is 1. The Bertz CT molecular complexity index is 966. The zero-order valence-electron chi connectivity index (χ0n) is 16.9. The first kappa shape index (κ1) is 21.0. The van der Waals surface area contributed by atoms with Gasteiger partial charge in [-0.2, -0.15) is 0 Å². The van der Waals surface area contributed by atoms with Crippen molar-refractivity contribution in [3.8, 4) is 5.75 Å². The highest BCUT2D eigenvalue weighted by atomic mass is 16.5. The standard InChI is InChI=1S/C22H22N2O6/c1-13(2)19(24-20(26)16-9-4-5-10-17(16)21(24)27)22(28)30-12-18(25)23-14-7-6-8-15(11-14)29-3/h4-11,13,19H,12H2,1-3H3,(H,23,25)/t19-/m1/s1. The third-order valence-corrected chi connectivity index (χ3v) is 4.68. The second kappa shape index (κ2) is 8.77. The van der Waals surface area contributed by atoms with Crippen molar-refractivity contribution in [3.05, 3.63) is 59.7 Å². The predicted molar refractivity (Wildman–Crippen MR) is 108 cm³/mol. The van der Waals surface area contributed by atoms with Gasteiger partial charge < -0.3 is 14.8 Å². The molecule has 2 aromatic rings. The number of carbonyl (C=O) groups is 4. The van der Waals surface area contributed by atoms with Gasteiger partial charge in [-0.15, -0.1) is 0 Å². The van der Waals surface area contributed by atoms with Gasteiger partial charge in [-0.1, -0.05) is 32.0 Å². The van der Waals surface area contributed by atoms with Gasteiger partial charge in [-0.3, -0.25) is 19.3 Å². The summed E-state index contributed by atoms with van der Waals surface area (Å²) in [6.07, 6.45) is 0. The molecule has 2 aromatic carbocycles. The Morgan fingerprint density at radius 2 is 1.63 bits per heavy atom. The van der Waals surface area contributed by atoms with Gasteiger partial charge in [0.25, 0.3) is 17.7 Å². The van der Waals surface area contributed by atoms with E-state index in [1.54, 1.807) is 62.4 Å². The number of carbonyl (C=O) groups excluding carboxylic acids is 4. The molecule has 1 aliphatic rings. The smallest absolute Gasteiger partial charge is 0.330 e. The molecule has 0 bridgehead atoms. The largest absolute Gasteiger partial charge is 0.497 e. The first-order valence-electron chi connectivity index (χ1n) is 9.41. The fourth-order valence-electron chi connectivity index (χ4n) is 3.26. The molecule has 3 rings (SSSR count). The van der Waals surface area contributed by atoms with E-state index < -0.39 is 42.3 Å². The SMILES string of the molecule is COc1cccc(NC(=O)COC(=O)[C@@H](C(C)C)N2C(=O)c3ccccc3C2=O)c1. The van der Waals surface area contributed by atoms with Crippen molar-refractivity contribution in [2.24, 2.45) is 5.92 Å². The van der Waals surface area contributed by atoms with Crippen molar-refractivity contribution in [2.45, 2.75) is 19.9 Å². The van der Waals surface area contributed by atoms with Gasteiger partial charge in [0.1, 0.15) is 11.8 Å². The van der Waals surface area contributed by atoms with E-state index in [1.165, 1.54) is 7.11 Å². The number of ether oxygens (including phenoxy) is 2. The van der Waals surface area contributed by atoms with Gasteiger partial charge in [0.05, 0.1) is 18.2 Å². The molecule has 1 heterocycles. The maximum atomic E-state index is 12.7. The summed E-state index contributed by atoms with van der Waals surface area (Å²) in [6, 6.07) is 12.0. The van der Waals surface area contributed by atoms with Gasteiger partial charge in [0.15, 0.2) is 6.61 Å². The van der Waals surface area contributed by atoms with Gasteiger partial charge in [-0.05, 0) is 30.2 Å². The van der Waals surface area contributed by atoms with Crippen LogP contribution in [0.3, 0.4) is 0 Å². The molecule has 0 saturated carbocycles. The summed E-state index contributed by atoms with van der Waals surface area (Å²) < 4.78 is 10.2. The second-order valence-electron chi connectivity index (χ2n) is 7.10. The maximum absolute atomic E-state index is 12.7. The molecule has 0 aliphatic carbocycles. The minimum absolute atomic E-state index is 0.247. The predicted octanol–water partition coefficient (Wildman–Crippen LogP) is 2.50. The summed E-state index contributed by atoms with van der Waals surface area (Å²) in [4.78, 5) is 51.2. The number of nitrogens with zero attached hydrogens (tertiary/aromatic N) is 1. The highest BCUT2D eigenvalue weighted by Gasteiger charge is 2.44. The fraction of sp³-hybridized carbons (Fsp3) is 0.273. The molecule has 0 spiro atoms. The zero-order chi connectivity index (χ0) is 21.8. The second-order valence-corrected chi connectivity index (χ2v) is 7.10. The molecule has 30 heavy (non-hydrogen) atoms. The number of hydrogen-bond acceptors (Lipinski definition) is 6. The van der Waals surface area contributed by atoms with E-state index in [0.29, 0.717) is 11.4 Å². The zero-order valence-corrected chi connectivity index (χ0v) is 16.9. The average molecular weight is 410 g/mol. The molecular formula is C22H22N2O6. The molecule has 0 radical (unpaired) electrons. The van der Waals surface area contributed by atoms with Crippen molar-refractivity contribution in [1.82, 2.24) is 4.90 Å². The molecule has 1 atom stereocenters. The van der Waals surface area contributed by atoms with Crippen LogP contribution in [-0.2, 0) is 14.3 Å². The van der Waals surface area contributed by atoms with E-state index in [-0.39, 0.29) is 11.1 Å². The van der Waals surface area contributed by atoms with Crippen LogP contribution in [0.4, 0.5) is 5.69 Å². The summed E-state index contributed by atoms with van der Waals surface area (Å²) in [6.45, 7) is 2.85. The molecule has 3 amide bonds. The van der Waals surface area contributed by atoms with Crippen molar-refractivity contribution in [1.29, 1.82) is 0 Å². The van der Waals surface area contributed by atoms with Gasteiger partial charge >= 0.3 is 5.97 Å². The van der Waals surface area contributed by atoms with Crippen molar-refractivity contribution in [3.63, 3.8) is 0 Å². The molecule has 0 saturated heterocycles. The van der Waals surface area contributed by atoms with E-state index in [1.807, 2.05) is 0 Å². The summed E-state index contributed by atoms with van der Waals surface area (Å²) in [5.41, 5.74) is 0.976. The quantitative estimate of drug-likeness (QED) is 0.556. The highest BCUT2D eigenvalue weighted by molar-refractivity contribution is 6.22. The lowest BCUT2D eigenvalue weighted by atomic mass is 10.0. The van der Waals surface area contributed by atoms with E-state index in [4.69, 9.17) is 9.47 Å². The first-order chi connectivity index (χ1) is 14.3. The highest BCUT2D eigenvalue weighted by Crippen LogP contribution is 2.27. The van der Waals surface area contributed by atoms with Crippen molar-refractivity contribution < 1.29 is 28.7 Å². The van der Waals surface area contributed by atoms with E-state index >= 15 is 0 Å². The van der Waals surface area contributed by atoms with E-state index in [0.717, 1.165) is 4.90 Å². The maximum Gasteiger partial charge on any atom is 0.330 e. The molecule has 1 aliphatic heterocycles. The molecule has 0 fully saturated rings. The monoisotopic (exact) mass is 410 g/mol. The Kier molecular flexibility index (Phi) is 6.15. The van der Waals surface area contributed by atoms with Crippen molar-refractivity contribution in [2.75, 3.05) is 19.0 Å². The first-order valence-corrected chi connectivity index (χ1v) is 9.41. The molecule has 0 unspecified atom stereocenters. The van der Waals surface area contributed by atoms with E-state index in [2.05, 4.69) is 5.32 Å². The summed E-state index contributed by atoms with van der Waals surface area (Å²) in [5.74, 6) is -2.31. The van der Waals surface area contributed by atoms with Gasteiger partial charge in [0.2, 0.25) is 0 Å². The fourth-order valence-corrected chi connectivity index (χ4v) is 3.26. The Morgan fingerprint density at radius 1 is 1.00 bits per heavy atom. The minimum Gasteiger partial charge on any atom is -0.497 e. The number of imide groups is 1. The normalized spacial score (nSPS) is 13.8. The molecule has 0 aromatic heterocycles. The van der Waals surface area contributed by atoms with Crippen LogP contribution >= 0.6 is 0 Å². The summed E-state index contributed by atoms with van der Waals surface area (Å²) in [5, 5.41) is 2.60. The van der Waals surface area contributed by atoms with Crippen molar-refractivity contribution >= 4 is 29.4 Å². The number of benzene rings is 2. The number of amides is 3. The van der Waals surface area contributed by atoms with E-state index in [9.17, 15) is 19.2 Å². The van der Waals surface area contributed by atoms with Crippen LogP contribution in [0.15, 0.2) is 48.5 Å². The molecular weight excluding hydrogens is 388 g/mol. The number of fused-ring (bicyclic) bond motifs is 1. The van der Waals surface area contributed by atoms with Crippen LogP contribution in [-0.4, -0.2) is 48.3 Å². The van der Waals surface area contributed by atoms with Crippen LogP contribution in [0.1, 0.15) is 34.6 Å². The minimum atomic E-state index is -1.14. The van der Waals surface area contributed by atoms with Crippen LogP contribution in [0.5, 0.6) is 5.75 Å². The lowest BCUT2D eigenvalue weighted by Gasteiger charge is -2.27. The molecule has 1 N–H and O–H groups in total. The van der Waals surface area contributed by atoms with Gasteiger partial charge in [0, 0.05) is 11.8 Å². The number of methoxy groups -OCH3 is 1. The average Bonchev–Trinajstić information content (AvgIpc) is 2.98. The lowest BCUT2D eigenvalue weighted by Crippen LogP contribution is -2.49. The Balaban J connectivity index is 1.67. The van der Waals surface area contributed by atoms with Gasteiger partial charge in [-0.25, -0.2) is 4.79 Å². The van der Waals surface area contributed by atoms with Crippen LogP contribution < -0.4 is 10.1 Å². The Hall–Kier alpha value is -3.68. The summed E-state index contributed by atoms with van der Waals surface area (Å²) in [7, 11) is 1.51. The topological polar surface area (TPSA) is 102 Å². The Morgan fingerprint density at radius 3 is 2.20 bits per heavy atom. The molecule has 156 valence electrons. The van der Waals surface area contributed by atoms with Crippen LogP contribution in [0.2, 0.25) is 0 Å². The number of rotatable bonds is 7.